The van der Waals surface area contributed by atoms with Crippen molar-refractivity contribution >= 4 is 11.3 Å². The zero-order valence-corrected chi connectivity index (χ0v) is 15.3. The van der Waals surface area contributed by atoms with Crippen molar-refractivity contribution in [2.75, 3.05) is 19.6 Å². The Kier molecular flexibility index (Phi) is 5.29. The fourth-order valence-corrected chi connectivity index (χ4v) is 5.45. The fraction of sp³-hybridized carbons (Fsp3) is 0.571. The minimum atomic E-state index is 0.742. The summed E-state index contributed by atoms with van der Waals surface area (Å²) in [6.45, 7) is 3.93. The van der Waals surface area contributed by atoms with Crippen LogP contribution in [0.3, 0.4) is 0 Å². The monoisotopic (exact) mass is 340 g/mol. The van der Waals surface area contributed by atoms with E-state index < -0.39 is 0 Å². The molecule has 2 nitrogen and oxygen atoms in total. The van der Waals surface area contributed by atoms with Crippen LogP contribution < -0.4 is 0 Å². The maximum absolute atomic E-state index is 4.69. The Morgan fingerprint density at radius 2 is 1.75 bits per heavy atom. The lowest BCUT2D eigenvalue weighted by molar-refractivity contribution is 0.184. The summed E-state index contributed by atoms with van der Waals surface area (Å²) in [5, 5.41) is 1.27. The zero-order chi connectivity index (χ0) is 16.2. The van der Waals surface area contributed by atoms with Crippen molar-refractivity contribution in [1.82, 2.24) is 9.88 Å². The third-order valence-electron chi connectivity index (χ3n) is 5.75. The molecule has 1 aromatic heterocycles. The van der Waals surface area contributed by atoms with Crippen LogP contribution in [-0.4, -0.2) is 29.5 Å². The lowest BCUT2D eigenvalue weighted by atomic mass is 9.95. The number of hydrogen-bond acceptors (Lipinski definition) is 3. The van der Waals surface area contributed by atoms with E-state index in [1.54, 1.807) is 0 Å². The topological polar surface area (TPSA) is 16.1 Å². The highest BCUT2D eigenvalue weighted by Crippen LogP contribution is 2.33. The van der Waals surface area contributed by atoms with Gasteiger partial charge in [-0.3, -0.25) is 0 Å². The highest BCUT2D eigenvalue weighted by atomic mass is 32.1. The number of nitrogens with zero attached hydrogens (tertiary/aromatic N) is 2. The van der Waals surface area contributed by atoms with E-state index in [0.717, 1.165) is 18.3 Å². The molecule has 0 N–H and O–H groups in total. The lowest BCUT2D eigenvalue weighted by Gasteiger charge is -2.33. The summed E-state index contributed by atoms with van der Waals surface area (Å²) in [5.74, 6) is 1.73. The molecular formula is C21H28N2S. The Morgan fingerprint density at radius 1 is 1.00 bits per heavy atom. The van der Waals surface area contributed by atoms with Gasteiger partial charge in [0, 0.05) is 24.0 Å². The van der Waals surface area contributed by atoms with E-state index in [1.807, 2.05) is 11.3 Å². The van der Waals surface area contributed by atoms with Crippen molar-refractivity contribution < 1.29 is 0 Å². The lowest BCUT2D eigenvalue weighted by Crippen LogP contribution is -2.35. The smallest absolute Gasteiger partial charge is 0.0971 e. The first-order chi connectivity index (χ1) is 11.9. The Bertz CT molecular complexity index is 622. The first-order valence-corrected chi connectivity index (χ1v) is 10.4. The van der Waals surface area contributed by atoms with Crippen molar-refractivity contribution in [2.24, 2.45) is 5.92 Å². The number of hydrogen-bond donors (Lipinski definition) is 0. The molecule has 4 rings (SSSR count). The highest BCUT2D eigenvalue weighted by Gasteiger charge is 2.25. The molecule has 2 aliphatic rings. The van der Waals surface area contributed by atoms with E-state index in [0.29, 0.717) is 0 Å². The van der Waals surface area contributed by atoms with Gasteiger partial charge in [0.15, 0.2) is 0 Å². The molecule has 2 fully saturated rings. The first kappa shape index (κ1) is 16.3. The van der Waals surface area contributed by atoms with Gasteiger partial charge in [-0.1, -0.05) is 43.2 Å². The summed E-state index contributed by atoms with van der Waals surface area (Å²) >= 11 is 1.94. The molecule has 0 bridgehead atoms. The molecule has 128 valence electrons. The predicted molar refractivity (Wildman–Crippen MR) is 102 cm³/mol. The van der Waals surface area contributed by atoms with Gasteiger partial charge in [0.05, 0.1) is 5.01 Å². The minimum absolute atomic E-state index is 0.742. The van der Waals surface area contributed by atoms with Gasteiger partial charge < -0.3 is 4.90 Å². The number of rotatable bonds is 5. The molecule has 3 heteroatoms. The molecule has 24 heavy (non-hydrogen) atoms. The van der Waals surface area contributed by atoms with Gasteiger partial charge in [0.2, 0.25) is 0 Å². The van der Waals surface area contributed by atoms with E-state index >= 15 is 0 Å². The van der Waals surface area contributed by atoms with Crippen molar-refractivity contribution in [3.63, 3.8) is 0 Å². The predicted octanol–water partition coefficient (Wildman–Crippen LogP) is 5.10. The van der Waals surface area contributed by atoms with Crippen LogP contribution in [0.4, 0.5) is 0 Å². The largest absolute Gasteiger partial charge is 0.303 e. The number of aromatic nitrogens is 1. The summed E-state index contributed by atoms with van der Waals surface area (Å²) < 4.78 is 0. The van der Waals surface area contributed by atoms with E-state index in [1.165, 1.54) is 73.6 Å². The number of piperidine rings is 1. The molecule has 1 aliphatic heterocycles. The molecule has 1 saturated heterocycles. The first-order valence-electron chi connectivity index (χ1n) is 9.58. The second-order valence-corrected chi connectivity index (χ2v) is 8.69. The summed E-state index contributed by atoms with van der Waals surface area (Å²) in [5.41, 5.74) is 1.37. The van der Waals surface area contributed by atoms with Gasteiger partial charge in [0.1, 0.15) is 0 Å². The summed E-state index contributed by atoms with van der Waals surface area (Å²) in [4.78, 5) is 8.93. The van der Waals surface area contributed by atoms with Crippen LogP contribution in [0.15, 0.2) is 36.5 Å². The molecule has 0 unspecified atom stereocenters. The average Bonchev–Trinajstić information content (AvgIpc) is 3.29. The molecule has 2 heterocycles. The molecule has 1 aromatic carbocycles. The van der Waals surface area contributed by atoms with E-state index in [2.05, 4.69) is 41.4 Å². The van der Waals surface area contributed by atoms with Crippen LogP contribution in [0.2, 0.25) is 0 Å². The van der Waals surface area contributed by atoms with Gasteiger partial charge in [-0.15, -0.1) is 11.3 Å². The Labute approximate surface area is 149 Å². The quantitative estimate of drug-likeness (QED) is 0.752. The molecule has 0 radical (unpaired) electrons. The second kappa shape index (κ2) is 7.79. The summed E-state index contributed by atoms with van der Waals surface area (Å²) in [6, 6.07) is 10.7. The van der Waals surface area contributed by atoms with Gasteiger partial charge in [-0.25, -0.2) is 4.98 Å². The molecule has 1 aliphatic carbocycles. The van der Waals surface area contributed by atoms with E-state index in [9.17, 15) is 0 Å². The molecule has 0 atom stereocenters. The Morgan fingerprint density at radius 3 is 2.50 bits per heavy atom. The molecular weight excluding hydrogens is 312 g/mol. The third-order valence-corrected chi connectivity index (χ3v) is 6.91. The Balaban J connectivity index is 1.29. The number of thiazole rings is 1. The van der Waals surface area contributed by atoms with Crippen LogP contribution >= 0.6 is 11.3 Å². The van der Waals surface area contributed by atoms with Crippen LogP contribution in [0.25, 0.3) is 0 Å². The van der Waals surface area contributed by atoms with Gasteiger partial charge in [0.25, 0.3) is 0 Å². The average molecular weight is 341 g/mol. The summed E-state index contributed by atoms with van der Waals surface area (Å²) in [6.07, 6.45) is 11.6. The third kappa shape index (κ3) is 4.07. The molecule has 0 spiro atoms. The fourth-order valence-electron chi connectivity index (χ4n) is 4.32. The highest BCUT2D eigenvalue weighted by molar-refractivity contribution is 7.11. The number of benzene rings is 1. The maximum atomic E-state index is 4.69. The maximum Gasteiger partial charge on any atom is 0.0971 e. The van der Waals surface area contributed by atoms with Gasteiger partial charge in [-0.05, 0) is 56.2 Å². The second-order valence-electron chi connectivity index (χ2n) is 7.54. The van der Waals surface area contributed by atoms with Crippen LogP contribution in [0, 0.1) is 5.92 Å². The van der Waals surface area contributed by atoms with Crippen molar-refractivity contribution in [3.8, 4) is 0 Å². The normalized spacial score (nSPS) is 20.7. The van der Waals surface area contributed by atoms with Gasteiger partial charge in [-0.2, -0.15) is 0 Å². The van der Waals surface area contributed by atoms with E-state index in [-0.39, 0.29) is 0 Å². The minimum Gasteiger partial charge on any atom is -0.303 e. The molecule has 0 amide bonds. The van der Waals surface area contributed by atoms with Crippen molar-refractivity contribution in [3.05, 3.63) is 52.0 Å². The Hall–Kier alpha value is -1.19. The van der Waals surface area contributed by atoms with E-state index in [4.69, 9.17) is 4.98 Å². The van der Waals surface area contributed by atoms with Gasteiger partial charge >= 0.3 is 0 Å². The van der Waals surface area contributed by atoms with Crippen molar-refractivity contribution in [1.29, 1.82) is 0 Å². The SMILES string of the molecule is c1ccc(Cc2ncc(C3CCN(CC4CCCC4)CC3)s2)cc1. The van der Waals surface area contributed by atoms with Crippen LogP contribution in [0.5, 0.6) is 0 Å². The zero-order valence-electron chi connectivity index (χ0n) is 14.5. The molecule has 2 aromatic rings. The molecule has 1 saturated carbocycles. The summed E-state index contributed by atoms with van der Waals surface area (Å²) in [7, 11) is 0. The van der Waals surface area contributed by atoms with Crippen LogP contribution in [0.1, 0.15) is 59.9 Å². The standard InChI is InChI=1S/C21H28N2S/c1-2-6-17(7-3-1)14-21-22-15-20(24-21)19-10-12-23(13-11-19)16-18-8-4-5-9-18/h1-3,6-7,15,18-19H,4-5,8-14,16H2. The van der Waals surface area contributed by atoms with Crippen LogP contribution in [-0.2, 0) is 6.42 Å². The number of likely N-dealkylation sites (tertiary alicyclic amines) is 1. The van der Waals surface area contributed by atoms with Crippen molar-refractivity contribution in [2.45, 2.75) is 50.9 Å².